The second kappa shape index (κ2) is 7.71. The van der Waals surface area contributed by atoms with Gasteiger partial charge in [-0.3, -0.25) is 9.69 Å². The zero-order valence-electron chi connectivity index (χ0n) is 11.6. The molecule has 1 heterocycles. The zero-order valence-corrected chi connectivity index (χ0v) is 11.6. The largest absolute Gasteiger partial charge is 0.396 e. The van der Waals surface area contributed by atoms with Gasteiger partial charge in [0.25, 0.3) is 0 Å². The van der Waals surface area contributed by atoms with Crippen molar-refractivity contribution in [3.05, 3.63) is 0 Å². The summed E-state index contributed by atoms with van der Waals surface area (Å²) in [5.41, 5.74) is 5.83. The van der Waals surface area contributed by atoms with Crippen molar-refractivity contribution in [3.63, 3.8) is 0 Å². The van der Waals surface area contributed by atoms with Crippen LogP contribution in [0.25, 0.3) is 0 Å². The van der Waals surface area contributed by atoms with Crippen molar-refractivity contribution in [3.8, 4) is 0 Å². The summed E-state index contributed by atoms with van der Waals surface area (Å²) in [6.07, 6.45) is 2.56. The van der Waals surface area contributed by atoms with Crippen molar-refractivity contribution in [2.75, 3.05) is 26.2 Å². The highest BCUT2D eigenvalue weighted by molar-refractivity contribution is 5.78. The van der Waals surface area contributed by atoms with E-state index in [4.69, 9.17) is 10.8 Å². The maximum Gasteiger partial charge on any atom is 0.234 e. The van der Waals surface area contributed by atoms with E-state index in [0.717, 1.165) is 25.9 Å². The number of nitrogens with two attached hydrogens (primary N) is 1. The van der Waals surface area contributed by atoms with Gasteiger partial charge < -0.3 is 16.2 Å². The van der Waals surface area contributed by atoms with Gasteiger partial charge in [0.1, 0.15) is 0 Å². The van der Waals surface area contributed by atoms with E-state index in [1.54, 1.807) is 0 Å². The molecule has 1 aliphatic rings. The molecule has 5 nitrogen and oxygen atoms in total. The van der Waals surface area contributed by atoms with Gasteiger partial charge in [-0.1, -0.05) is 13.8 Å². The molecule has 1 rings (SSSR count). The van der Waals surface area contributed by atoms with Crippen molar-refractivity contribution in [1.29, 1.82) is 0 Å². The summed E-state index contributed by atoms with van der Waals surface area (Å²) in [6, 6.07) is 0.358. The summed E-state index contributed by atoms with van der Waals surface area (Å²) >= 11 is 0. The number of aliphatic hydroxyl groups is 1. The molecule has 1 fully saturated rings. The highest BCUT2D eigenvalue weighted by Gasteiger charge is 2.20. The SMILES string of the molecule is CC(C)C(CCO)NC(=O)CN1CCC(N)CC1. The Hall–Kier alpha value is -0.650. The van der Waals surface area contributed by atoms with Gasteiger partial charge in [0, 0.05) is 31.8 Å². The Bertz CT molecular complexity index is 251. The van der Waals surface area contributed by atoms with Crippen LogP contribution in [0.5, 0.6) is 0 Å². The number of rotatable bonds is 6. The zero-order chi connectivity index (χ0) is 13.5. The molecule has 0 bridgehead atoms. The molecule has 106 valence electrons. The number of piperidine rings is 1. The Morgan fingerprint density at radius 1 is 1.44 bits per heavy atom. The third-order valence-electron chi connectivity index (χ3n) is 3.59. The first-order valence-electron chi connectivity index (χ1n) is 6.91. The summed E-state index contributed by atoms with van der Waals surface area (Å²) in [6.45, 7) is 6.48. The Morgan fingerprint density at radius 2 is 2.06 bits per heavy atom. The molecule has 5 heteroatoms. The second-order valence-electron chi connectivity index (χ2n) is 5.54. The van der Waals surface area contributed by atoms with Crippen LogP contribution in [-0.4, -0.2) is 54.2 Å². The van der Waals surface area contributed by atoms with E-state index in [2.05, 4.69) is 24.1 Å². The lowest BCUT2D eigenvalue weighted by molar-refractivity contribution is -0.123. The molecule has 0 aromatic heterocycles. The van der Waals surface area contributed by atoms with Crippen LogP contribution in [0, 0.1) is 5.92 Å². The lowest BCUT2D eigenvalue weighted by Crippen LogP contribution is -2.47. The van der Waals surface area contributed by atoms with E-state index >= 15 is 0 Å². The topological polar surface area (TPSA) is 78.6 Å². The smallest absolute Gasteiger partial charge is 0.234 e. The molecule has 1 saturated heterocycles. The van der Waals surface area contributed by atoms with Crippen LogP contribution in [0.2, 0.25) is 0 Å². The average Bonchev–Trinajstić information content (AvgIpc) is 2.31. The van der Waals surface area contributed by atoms with Crippen LogP contribution in [0.15, 0.2) is 0 Å². The lowest BCUT2D eigenvalue weighted by Gasteiger charge is -2.30. The molecular weight excluding hydrogens is 230 g/mol. The van der Waals surface area contributed by atoms with Crippen molar-refractivity contribution in [2.24, 2.45) is 11.7 Å². The minimum Gasteiger partial charge on any atom is -0.396 e. The minimum absolute atomic E-state index is 0.0534. The number of likely N-dealkylation sites (tertiary alicyclic amines) is 1. The normalized spacial score (nSPS) is 20.1. The predicted octanol–water partition coefficient (Wildman–Crippen LogP) is -0.0673. The highest BCUT2D eigenvalue weighted by Crippen LogP contribution is 2.09. The van der Waals surface area contributed by atoms with Crippen LogP contribution in [-0.2, 0) is 4.79 Å². The molecule has 0 aliphatic carbocycles. The summed E-state index contributed by atoms with van der Waals surface area (Å²) in [4.78, 5) is 14.1. The number of carbonyl (C=O) groups is 1. The maximum absolute atomic E-state index is 11.9. The van der Waals surface area contributed by atoms with Crippen LogP contribution in [0.1, 0.15) is 33.1 Å². The third-order valence-corrected chi connectivity index (χ3v) is 3.59. The van der Waals surface area contributed by atoms with E-state index in [-0.39, 0.29) is 18.6 Å². The first-order chi connectivity index (χ1) is 8.52. The van der Waals surface area contributed by atoms with E-state index in [9.17, 15) is 4.79 Å². The van der Waals surface area contributed by atoms with Gasteiger partial charge in [0.2, 0.25) is 5.91 Å². The summed E-state index contributed by atoms with van der Waals surface area (Å²) in [7, 11) is 0. The highest BCUT2D eigenvalue weighted by atomic mass is 16.3. The Balaban J connectivity index is 2.31. The lowest BCUT2D eigenvalue weighted by atomic mass is 10.0. The summed E-state index contributed by atoms with van der Waals surface area (Å²) < 4.78 is 0. The molecule has 4 N–H and O–H groups in total. The number of hydrogen-bond acceptors (Lipinski definition) is 4. The maximum atomic E-state index is 11.9. The van der Waals surface area contributed by atoms with Gasteiger partial charge in [-0.15, -0.1) is 0 Å². The quantitative estimate of drug-likeness (QED) is 0.622. The standard InChI is InChI=1S/C13H27N3O2/c1-10(2)12(5-8-17)15-13(18)9-16-6-3-11(14)4-7-16/h10-12,17H,3-9,14H2,1-2H3,(H,15,18). The molecule has 1 amide bonds. The third kappa shape index (κ3) is 5.33. The van der Waals surface area contributed by atoms with E-state index in [1.165, 1.54) is 0 Å². The number of aliphatic hydroxyl groups excluding tert-OH is 1. The monoisotopic (exact) mass is 257 g/mol. The Labute approximate surface area is 110 Å². The second-order valence-corrected chi connectivity index (χ2v) is 5.54. The fraction of sp³-hybridized carbons (Fsp3) is 0.923. The molecule has 1 unspecified atom stereocenters. The Morgan fingerprint density at radius 3 is 2.56 bits per heavy atom. The molecule has 0 aromatic rings. The number of hydrogen-bond donors (Lipinski definition) is 3. The number of nitrogens with one attached hydrogen (secondary N) is 1. The first kappa shape index (κ1) is 15.4. The molecule has 1 aliphatic heterocycles. The van der Waals surface area contributed by atoms with Crippen molar-refractivity contribution in [2.45, 2.75) is 45.2 Å². The van der Waals surface area contributed by atoms with E-state index in [0.29, 0.717) is 24.9 Å². The number of amides is 1. The van der Waals surface area contributed by atoms with Crippen LogP contribution < -0.4 is 11.1 Å². The van der Waals surface area contributed by atoms with Gasteiger partial charge in [-0.25, -0.2) is 0 Å². The van der Waals surface area contributed by atoms with Gasteiger partial charge in [0.15, 0.2) is 0 Å². The van der Waals surface area contributed by atoms with Crippen molar-refractivity contribution in [1.82, 2.24) is 10.2 Å². The van der Waals surface area contributed by atoms with Crippen LogP contribution in [0.3, 0.4) is 0 Å². The van der Waals surface area contributed by atoms with Gasteiger partial charge in [-0.05, 0) is 25.2 Å². The fourth-order valence-corrected chi connectivity index (χ4v) is 2.28. The first-order valence-corrected chi connectivity index (χ1v) is 6.91. The molecule has 0 spiro atoms. The van der Waals surface area contributed by atoms with Crippen molar-refractivity contribution >= 4 is 5.91 Å². The fourth-order valence-electron chi connectivity index (χ4n) is 2.28. The van der Waals surface area contributed by atoms with Gasteiger partial charge >= 0.3 is 0 Å². The molecule has 1 atom stereocenters. The molecule has 0 radical (unpaired) electrons. The number of carbonyl (C=O) groups excluding carboxylic acids is 1. The van der Waals surface area contributed by atoms with Crippen molar-refractivity contribution < 1.29 is 9.90 Å². The average molecular weight is 257 g/mol. The summed E-state index contributed by atoms with van der Waals surface area (Å²) in [5, 5.41) is 12.0. The molecule has 18 heavy (non-hydrogen) atoms. The number of nitrogens with zero attached hydrogens (tertiary/aromatic N) is 1. The minimum atomic E-state index is 0.0534. The van der Waals surface area contributed by atoms with Gasteiger partial charge in [0.05, 0.1) is 6.54 Å². The molecular formula is C13H27N3O2. The van der Waals surface area contributed by atoms with E-state index < -0.39 is 0 Å². The van der Waals surface area contributed by atoms with Crippen LogP contribution in [0.4, 0.5) is 0 Å². The molecule has 0 saturated carbocycles. The van der Waals surface area contributed by atoms with Crippen LogP contribution >= 0.6 is 0 Å². The van der Waals surface area contributed by atoms with Gasteiger partial charge in [-0.2, -0.15) is 0 Å². The molecule has 0 aromatic carbocycles. The Kier molecular flexibility index (Phi) is 6.60. The van der Waals surface area contributed by atoms with E-state index in [1.807, 2.05) is 0 Å². The summed E-state index contributed by atoms with van der Waals surface area (Å²) in [5.74, 6) is 0.397. The predicted molar refractivity (Wildman–Crippen MR) is 72.1 cm³/mol.